The molecule has 3 aliphatic rings. The fourth-order valence-corrected chi connectivity index (χ4v) is 3.43. The van der Waals surface area contributed by atoms with Crippen molar-refractivity contribution in [1.29, 1.82) is 0 Å². The van der Waals surface area contributed by atoms with Gasteiger partial charge < -0.3 is 14.6 Å². The molecule has 1 saturated carbocycles. The summed E-state index contributed by atoms with van der Waals surface area (Å²) < 4.78 is 10.9. The van der Waals surface area contributed by atoms with E-state index in [1.54, 1.807) is 0 Å². The van der Waals surface area contributed by atoms with E-state index < -0.39 is 11.4 Å². The molecule has 0 radical (unpaired) electrons. The van der Waals surface area contributed by atoms with Gasteiger partial charge >= 0.3 is 5.97 Å². The molecule has 1 atom stereocenters. The topological polar surface area (TPSA) is 55.8 Å². The molecular weight excluding hydrogens is 268 g/mol. The zero-order valence-electron chi connectivity index (χ0n) is 10.6. The predicted molar refractivity (Wildman–Crippen MR) is 69.7 cm³/mol. The van der Waals surface area contributed by atoms with Crippen molar-refractivity contribution in [3.63, 3.8) is 0 Å². The molecule has 0 aromatic carbocycles. The third-order valence-electron chi connectivity index (χ3n) is 4.41. The van der Waals surface area contributed by atoms with Gasteiger partial charge in [-0.3, -0.25) is 4.79 Å². The van der Waals surface area contributed by atoms with E-state index in [0.717, 1.165) is 24.8 Å². The van der Waals surface area contributed by atoms with Gasteiger partial charge in [-0.05, 0) is 31.3 Å². The number of aliphatic carboxylic acids is 1. The molecule has 104 valence electrons. The standard InChI is InChI=1S/C14H17ClO4/c15-11-7-9(12-18-4-5-19-12)6-10(8-11)14(13(16)17)2-1-3-14/h6-7,10,12H,1-5,8H2,(H,16,17). The Labute approximate surface area is 117 Å². The van der Waals surface area contributed by atoms with Gasteiger partial charge in [-0.2, -0.15) is 0 Å². The van der Waals surface area contributed by atoms with E-state index in [1.807, 2.05) is 12.2 Å². The Kier molecular flexibility index (Phi) is 3.41. The summed E-state index contributed by atoms with van der Waals surface area (Å²) in [4.78, 5) is 11.6. The Bertz CT molecular complexity index is 444. The van der Waals surface area contributed by atoms with Crippen LogP contribution in [0.1, 0.15) is 25.7 Å². The highest BCUT2D eigenvalue weighted by molar-refractivity contribution is 6.29. The molecule has 3 rings (SSSR count). The number of allylic oxidation sites excluding steroid dienone is 2. The molecule has 0 spiro atoms. The highest BCUT2D eigenvalue weighted by Crippen LogP contribution is 2.52. The van der Waals surface area contributed by atoms with Gasteiger partial charge in [0, 0.05) is 10.6 Å². The molecule has 4 nitrogen and oxygen atoms in total. The normalized spacial score (nSPS) is 30.5. The van der Waals surface area contributed by atoms with E-state index in [4.69, 9.17) is 21.1 Å². The van der Waals surface area contributed by atoms with Crippen molar-refractivity contribution < 1.29 is 19.4 Å². The second-order valence-corrected chi connectivity index (χ2v) is 5.94. The third kappa shape index (κ3) is 2.22. The van der Waals surface area contributed by atoms with Crippen molar-refractivity contribution in [3.05, 3.63) is 22.8 Å². The number of carbonyl (C=O) groups is 1. The average molecular weight is 285 g/mol. The highest BCUT2D eigenvalue weighted by Gasteiger charge is 2.50. The molecule has 0 bridgehead atoms. The molecule has 2 aliphatic carbocycles. The lowest BCUT2D eigenvalue weighted by Gasteiger charge is -2.44. The summed E-state index contributed by atoms with van der Waals surface area (Å²) in [5, 5.41) is 10.2. The quantitative estimate of drug-likeness (QED) is 0.866. The van der Waals surface area contributed by atoms with Gasteiger partial charge in [0.15, 0.2) is 6.29 Å². The highest BCUT2D eigenvalue weighted by atomic mass is 35.5. The molecule has 2 fully saturated rings. The maximum absolute atomic E-state index is 11.6. The lowest BCUT2D eigenvalue weighted by Crippen LogP contribution is -2.44. The first kappa shape index (κ1) is 13.2. The SMILES string of the molecule is O=C(O)C1(C2C=C(C3OCCO3)C=C(Cl)C2)CCC1. The van der Waals surface area contributed by atoms with E-state index in [2.05, 4.69) is 0 Å². The molecule has 19 heavy (non-hydrogen) atoms. The van der Waals surface area contributed by atoms with Crippen molar-refractivity contribution in [2.24, 2.45) is 11.3 Å². The third-order valence-corrected chi connectivity index (χ3v) is 4.67. The molecule has 1 aliphatic heterocycles. The molecule has 1 N–H and O–H groups in total. The molecule has 5 heteroatoms. The number of hydrogen-bond acceptors (Lipinski definition) is 3. The summed E-state index contributed by atoms with van der Waals surface area (Å²) in [6.07, 6.45) is 6.49. The van der Waals surface area contributed by atoms with Crippen LogP contribution in [0.3, 0.4) is 0 Å². The number of halogens is 1. The maximum Gasteiger partial charge on any atom is 0.310 e. The van der Waals surface area contributed by atoms with Crippen LogP contribution in [-0.2, 0) is 14.3 Å². The van der Waals surface area contributed by atoms with Crippen molar-refractivity contribution in [2.75, 3.05) is 13.2 Å². The molecule has 0 aromatic rings. The predicted octanol–water partition coefficient (Wildman–Crippen LogP) is 2.68. The smallest absolute Gasteiger partial charge is 0.310 e. The molecule has 0 amide bonds. The molecule has 1 heterocycles. The molecule has 0 aromatic heterocycles. The van der Waals surface area contributed by atoms with E-state index in [0.29, 0.717) is 24.7 Å². The number of carboxylic acid groups (broad SMARTS) is 1. The summed E-state index contributed by atoms with van der Waals surface area (Å²) in [7, 11) is 0. The summed E-state index contributed by atoms with van der Waals surface area (Å²) in [5.41, 5.74) is 0.226. The summed E-state index contributed by atoms with van der Waals surface area (Å²) in [6.45, 7) is 1.14. The fraction of sp³-hybridized carbons (Fsp3) is 0.643. The second-order valence-electron chi connectivity index (χ2n) is 5.46. The van der Waals surface area contributed by atoms with Gasteiger partial charge in [-0.25, -0.2) is 0 Å². The minimum Gasteiger partial charge on any atom is -0.481 e. The van der Waals surface area contributed by atoms with Crippen LogP contribution < -0.4 is 0 Å². The summed E-state index contributed by atoms with van der Waals surface area (Å²) >= 11 is 6.19. The number of ether oxygens (including phenoxy) is 2. The van der Waals surface area contributed by atoms with Crippen molar-refractivity contribution in [3.8, 4) is 0 Å². The Morgan fingerprint density at radius 3 is 2.58 bits per heavy atom. The first-order valence-electron chi connectivity index (χ1n) is 6.66. The Balaban J connectivity index is 1.86. The average Bonchev–Trinajstić information content (AvgIpc) is 2.79. The zero-order valence-corrected chi connectivity index (χ0v) is 11.4. The van der Waals surface area contributed by atoms with Crippen molar-refractivity contribution in [2.45, 2.75) is 32.0 Å². The van der Waals surface area contributed by atoms with Gasteiger partial charge in [0.05, 0.1) is 18.6 Å². The van der Waals surface area contributed by atoms with Crippen LogP contribution in [0.15, 0.2) is 22.8 Å². The second kappa shape index (κ2) is 4.93. The van der Waals surface area contributed by atoms with E-state index >= 15 is 0 Å². The van der Waals surface area contributed by atoms with Crippen LogP contribution in [0.25, 0.3) is 0 Å². The Hall–Kier alpha value is -0.840. The molecule has 1 unspecified atom stereocenters. The van der Waals surface area contributed by atoms with E-state index in [1.165, 1.54) is 0 Å². The maximum atomic E-state index is 11.6. The van der Waals surface area contributed by atoms with Crippen molar-refractivity contribution >= 4 is 17.6 Å². The fourth-order valence-electron chi connectivity index (χ4n) is 3.14. The monoisotopic (exact) mass is 284 g/mol. The van der Waals surface area contributed by atoms with E-state index in [9.17, 15) is 9.90 Å². The number of hydrogen-bond donors (Lipinski definition) is 1. The van der Waals surface area contributed by atoms with Crippen LogP contribution in [-0.4, -0.2) is 30.6 Å². The van der Waals surface area contributed by atoms with Crippen molar-refractivity contribution in [1.82, 2.24) is 0 Å². The van der Waals surface area contributed by atoms with Gasteiger partial charge in [-0.15, -0.1) is 0 Å². The lowest BCUT2D eigenvalue weighted by molar-refractivity contribution is -0.158. The van der Waals surface area contributed by atoms with Gasteiger partial charge in [0.25, 0.3) is 0 Å². The van der Waals surface area contributed by atoms with Crippen LogP contribution in [0, 0.1) is 11.3 Å². The summed E-state index contributed by atoms with van der Waals surface area (Å²) in [6, 6.07) is 0. The lowest BCUT2D eigenvalue weighted by atomic mass is 9.59. The van der Waals surface area contributed by atoms with Crippen LogP contribution >= 0.6 is 11.6 Å². The van der Waals surface area contributed by atoms with Crippen LogP contribution in [0.2, 0.25) is 0 Å². The van der Waals surface area contributed by atoms with Gasteiger partial charge in [0.2, 0.25) is 0 Å². The Morgan fingerprint density at radius 2 is 2.05 bits per heavy atom. The van der Waals surface area contributed by atoms with Crippen LogP contribution in [0.4, 0.5) is 0 Å². The molecule has 1 saturated heterocycles. The summed E-state index contributed by atoms with van der Waals surface area (Å²) in [5.74, 6) is -0.766. The Morgan fingerprint density at radius 1 is 1.37 bits per heavy atom. The van der Waals surface area contributed by atoms with Gasteiger partial charge in [0.1, 0.15) is 0 Å². The first-order valence-corrected chi connectivity index (χ1v) is 7.04. The zero-order chi connectivity index (χ0) is 13.5. The molecular formula is C14H17ClO4. The number of carboxylic acids is 1. The number of rotatable bonds is 3. The minimum atomic E-state index is -0.709. The largest absolute Gasteiger partial charge is 0.481 e. The van der Waals surface area contributed by atoms with E-state index in [-0.39, 0.29) is 12.2 Å². The van der Waals surface area contributed by atoms with Gasteiger partial charge in [-0.1, -0.05) is 24.1 Å². The van der Waals surface area contributed by atoms with Crippen LogP contribution in [0.5, 0.6) is 0 Å². The minimum absolute atomic E-state index is 0.0564. The first-order chi connectivity index (χ1) is 9.12.